The highest BCUT2D eigenvalue weighted by Gasteiger charge is 2.49. The summed E-state index contributed by atoms with van der Waals surface area (Å²) in [5.41, 5.74) is 0. The highest BCUT2D eigenvalue weighted by atomic mass is 16.6. The van der Waals surface area contributed by atoms with Gasteiger partial charge < -0.3 is 24.1 Å². The molecule has 1 rings (SSSR count). The van der Waals surface area contributed by atoms with Crippen LogP contribution in [0.15, 0.2) is 0 Å². The molecule has 24 heavy (non-hydrogen) atoms. The predicted molar refractivity (Wildman–Crippen MR) is 77.3 cm³/mol. The molecule has 5 atom stereocenters. The normalized spacial score (nSPS) is 29.2. The quantitative estimate of drug-likeness (QED) is 0.516. The molecule has 0 aliphatic carbocycles. The van der Waals surface area contributed by atoms with Crippen LogP contribution in [-0.2, 0) is 33.3 Å². The summed E-state index contributed by atoms with van der Waals surface area (Å²) >= 11 is 0. The van der Waals surface area contributed by atoms with Gasteiger partial charge in [-0.2, -0.15) is 5.26 Å². The average molecular weight is 343 g/mol. The van der Waals surface area contributed by atoms with E-state index in [1.807, 2.05) is 6.07 Å². The summed E-state index contributed by atoms with van der Waals surface area (Å²) < 4.78 is 20.7. The number of carbonyl (C=O) groups is 3. The average Bonchev–Trinajstić information content (AvgIpc) is 2.48. The fourth-order valence-electron chi connectivity index (χ4n) is 2.44. The van der Waals surface area contributed by atoms with Crippen molar-refractivity contribution in [2.24, 2.45) is 0 Å². The van der Waals surface area contributed by atoms with Crippen molar-refractivity contribution in [1.29, 1.82) is 5.26 Å². The standard InChI is InChI=1S/C15H21NO8/c1-8(17)21-7-12-13(20)15(23-10(3)19)14(22-9(2)18)11(24-12)5-4-6-16/h11-15,20H,4-5,7H2,1-3H3/t11-,12-,13-,14-,15+/m1/s1. The molecule has 0 spiro atoms. The molecule has 0 radical (unpaired) electrons. The smallest absolute Gasteiger partial charge is 0.303 e. The van der Waals surface area contributed by atoms with Crippen LogP contribution in [0.25, 0.3) is 0 Å². The van der Waals surface area contributed by atoms with Crippen LogP contribution in [0.2, 0.25) is 0 Å². The second-order valence-electron chi connectivity index (χ2n) is 5.35. The van der Waals surface area contributed by atoms with Gasteiger partial charge in [0.1, 0.15) is 18.8 Å². The first kappa shape index (κ1) is 19.9. The SMILES string of the molecule is CC(=O)OC[C@H]1O[C@H](CCC#N)[C@@H](OC(C)=O)[C@@H](OC(C)=O)[C@@H]1O. The van der Waals surface area contributed by atoms with Crippen molar-refractivity contribution >= 4 is 17.9 Å². The van der Waals surface area contributed by atoms with E-state index < -0.39 is 48.4 Å². The Morgan fingerprint density at radius 3 is 2.12 bits per heavy atom. The number of esters is 3. The van der Waals surface area contributed by atoms with Gasteiger partial charge in [-0.15, -0.1) is 0 Å². The maximum Gasteiger partial charge on any atom is 0.303 e. The maximum atomic E-state index is 11.3. The fraction of sp³-hybridized carbons (Fsp3) is 0.733. The molecule has 1 saturated heterocycles. The highest BCUT2D eigenvalue weighted by molar-refractivity contribution is 5.67. The van der Waals surface area contributed by atoms with E-state index in [0.29, 0.717) is 0 Å². The molecular weight excluding hydrogens is 322 g/mol. The molecule has 0 saturated carbocycles. The largest absolute Gasteiger partial charge is 0.463 e. The molecule has 0 amide bonds. The van der Waals surface area contributed by atoms with Crippen LogP contribution in [0.3, 0.4) is 0 Å². The van der Waals surface area contributed by atoms with Crippen molar-refractivity contribution in [2.45, 2.75) is 64.1 Å². The Bertz CT molecular complexity index is 514. The lowest BCUT2D eigenvalue weighted by Crippen LogP contribution is -2.61. The first-order valence-electron chi connectivity index (χ1n) is 7.44. The summed E-state index contributed by atoms with van der Waals surface area (Å²) in [4.78, 5) is 33.6. The minimum atomic E-state index is -1.36. The van der Waals surface area contributed by atoms with Gasteiger partial charge in [0.05, 0.1) is 12.2 Å². The third-order valence-electron chi connectivity index (χ3n) is 3.35. The third-order valence-corrected chi connectivity index (χ3v) is 3.35. The molecule has 1 fully saturated rings. The molecule has 134 valence electrons. The van der Waals surface area contributed by atoms with E-state index in [1.165, 1.54) is 13.8 Å². The zero-order valence-corrected chi connectivity index (χ0v) is 13.8. The number of ether oxygens (including phenoxy) is 4. The number of carbonyl (C=O) groups excluding carboxylic acids is 3. The Morgan fingerprint density at radius 2 is 1.62 bits per heavy atom. The summed E-state index contributed by atoms with van der Waals surface area (Å²) in [5.74, 6) is -1.89. The number of hydrogen-bond donors (Lipinski definition) is 1. The van der Waals surface area contributed by atoms with Gasteiger partial charge in [0.25, 0.3) is 0 Å². The lowest BCUT2D eigenvalue weighted by molar-refractivity contribution is -0.247. The fourth-order valence-corrected chi connectivity index (χ4v) is 2.44. The summed E-state index contributed by atoms with van der Waals surface area (Å²) in [7, 11) is 0. The number of rotatable bonds is 6. The molecule has 1 aliphatic heterocycles. The van der Waals surface area contributed by atoms with Gasteiger partial charge in [-0.05, 0) is 6.42 Å². The Kier molecular flexibility index (Phi) is 7.61. The van der Waals surface area contributed by atoms with Gasteiger partial charge in [0.15, 0.2) is 12.2 Å². The zero-order chi connectivity index (χ0) is 18.3. The van der Waals surface area contributed by atoms with Crippen LogP contribution in [0.4, 0.5) is 0 Å². The predicted octanol–water partition coefficient (Wildman–Crippen LogP) is -0.155. The lowest BCUT2D eigenvalue weighted by atomic mass is 9.92. The van der Waals surface area contributed by atoms with Crippen LogP contribution in [0, 0.1) is 11.3 Å². The van der Waals surface area contributed by atoms with E-state index in [0.717, 1.165) is 6.92 Å². The Labute approximate surface area is 139 Å². The number of aliphatic hydroxyl groups excluding tert-OH is 1. The van der Waals surface area contributed by atoms with Gasteiger partial charge in [0.2, 0.25) is 0 Å². The van der Waals surface area contributed by atoms with E-state index in [2.05, 4.69) is 0 Å². The Balaban J connectivity index is 3.02. The summed E-state index contributed by atoms with van der Waals surface area (Å²) in [6.45, 7) is 3.26. The minimum absolute atomic E-state index is 0.103. The van der Waals surface area contributed by atoms with Crippen molar-refractivity contribution in [1.82, 2.24) is 0 Å². The van der Waals surface area contributed by atoms with Crippen molar-refractivity contribution < 1.29 is 38.4 Å². The summed E-state index contributed by atoms with van der Waals surface area (Å²) in [6, 6.07) is 1.94. The van der Waals surface area contributed by atoms with Crippen LogP contribution in [-0.4, -0.2) is 60.1 Å². The first-order valence-corrected chi connectivity index (χ1v) is 7.44. The molecule has 1 heterocycles. The van der Waals surface area contributed by atoms with Crippen LogP contribution >= 0.6 is 0 Å². The molecule has 0 aromatic heterocycles. The number of hydrogen-bond acceptors (Lipinski definition) is 9. The van der Waals surface area contributed by atoms with Crippen LogP contribution < -0.4 is 0 Å². The number of nitrogens with zero attached hydrogens (tertiary/aromatic N) is 1. The molecule has 9 nitrogen and oxygen atoms in total. The maximum absolute atomic E-state index is 11.3. The first-order chi connectivity index (χ1) is 11.3. The van der Waals surface area contributed by atoms with Crippen LogP contribution in [0.1, 0.15) is 33.6 Å². The molecule has 1 N–H and O–H groups in total. The molecule has 0 aromatic rings. The molecular formula is C15H21NO8. The monoisotopic (exact) mass is 343 g/mol. The van der Waals surface area contributed by atoms with E-state index in [1.54, 1.807) is 0 Å². The molecule has 0 bridgehead atoms. The Morgan fingerprint density at radius 1 is 1.04 bits per heavy atom. The number of aliphatic hydroxyl groups is 1. The lowest BCUT2D eigenvalue weighted by Gasteiger charge is -2.43. The van der Waals surface area contributed by atoms with Gasteiger partial charge in [0, 0.05) is 27.2 Å². The van der Waals surface area contributed by atoms with E-state index in [-0.39, 0.29) is 19.4 Å². The topological polar surface area (TPSA) is 132 Å². The van der Waals surface area contributed by atoms with Gasteiger partial charge >= 0.3 is 17.9 Å². The van der Waals surface area contributed by atoms with Gasteiger partial charge in [-0.3, -0.25) is 14.4 Å². The van der Waals surface area contributed by atoms with Gasteiger partial charge in [-0.25, -0.2) is 0 Å². The summed E-state index contributed by atoms with van der Waals surface area (Å²) in [5, 5.41) is 19.1. The molecule has 1 aliphatic rings. The van der Waals surface area contributed by atoms with E-state index >= 15 is 0 Å². The molecule has 0 unspecified atom stereocenters. The van der Waals surface area contributed by atoms with E-state index in [4.69, 9.17) is 24.2 Å². The minimum Gasteiger partial charge on any atom is -0.463 e. The van der Waals surface area contributed by atoms with E-state index in [9.17, 15) is 19.5 Å². The highest BCUT2D eigenvalue weighted by Crippen LogP contribution is 2.29. The zero-order valence-electron chi connectivity index (χ0n) is 13.8. The van der Waals surface area contributed by atoms with Crippen LogP contribution in [0.5, 0.6) is 0 Å². The number of nitriles is 1. The Hall–Kier alpha value is -2.18. The van der Waals surface area contributed by atoms with Gasteiger partial charge in [-0.1, -0.05) is 0 Å². The second kappa shape index (κ2) is 9.20. The van der Waals surface area contributed by atoms with Crippen molar-refractivity contribution in [3.8, 4) is 6.07 Å². The second-order valence-corrected chi connectivity index (χ2v) is 5.35. The molecule has 0 aromatic carbocycles. The molecule has 9 heteroatoms. The third kappa shape index (κ3) is 5.79. The van der Waals surface area contributed by atoms with Crippen molar-refractivity contribution in [2.75, 3.05) is 6.61 Å². The van der Waals surface area contributed by atoms with Crippen molar-refractivity contribution in [3.63, 3.8) is 0 Å². The van der Waals surface area contributed by atoms with Crippen molar-refractivity contribution in [3.05, 3.63) is 0 Å². The summed E-state index contributed by atoms with van der Waals surface area (Å²) in [6.07, 6.45) is -5.10.